The Bertz CT molecular complexity index is 624. The van der Waals surface area contributed by atoms with Gasteiger partial charge in [0.15, 0.2) is 0 Å². The molecule has 1 aliphatic rings. The minimum Gasteiger partial charge on any atom is -0.343 e. The van der Waals surface area contributed by atoms with Crippen LogP contribution in [0.15, 0.2) is 29.4 Å². The maximum atomic E-state index is 12.2. The molecular weight excluding hydrogens is 399 g/mol. The number of likely N-dealkylation sites (tertiary alicyclic amines) is 1. The molecule has 1 fully saturated rings. The molecule has 0 radical (unpaired) electrons. The number of hydrogen-bond acceptors (Lipinski definition) is 5. The number of rotatable bonds is 8. The van der Waals surface area contributed by atoms with Crippen molar-refractivity contribution in [1.29, 1.82) is 0 Å². The summed E-state index contributed by atoms with van der Waals surface area (Å²) in [6, 6.07) is 3.05. The number of aromatic nitrogens is 1. The van der Waals surface area contributed by atoms with Crippen LogP contribution in [-0.2, 0) is 14.8 Å². The lowest BCUT2D eigenvalue weighted by molar-refractivity contribution is -0.132. The second-order valence-electron chi connectivity index (χ2n) is 6.05. The molecular formula is C16H28Cl2N4O3S. The van der Waals surface area contributed by atoms with E-state index < -0.39 is 10.0 Å². The highest BCUT2D eigenvalue weighted by molar-refractivity contribution is 7.89. The Kier molecular flexibility index (Phi) is 12.0. The van der Waals surface area contributed by atoms with Crippen LogP contribution in [0.5, 0.6) is 0 Å². The lowest BCUT2D eigenvalue weighted by Gasteiger charge is -2.32. The quantitative estimate of drug-likeness (QED) is 0.655. The number of sulfonamides is 1. The molecule has 1 aliphatic heterocycles. The Hall–Kier alpha value is -0.930. The van der Waals surface area contributed by atoms with E-state index in [4.69, 9.17) is 0 Å². The summed E-state index contributed by atoms with van der Waals surface area (Å²) >= 11 is 0. The zero-order valence-electron chi connectivity index (χ0n) is 14.9. The summed E-state index contributed by atoms with van der Waals surface area (Å²) in [5.41, 5.74) is 0. The molecule has 26 heavy (non-hydrogen) atoms. The highest BCUT2D eigenvalue weighted by Gasteiger charge is 2.22. The number of piperidine rings is 1. The fourth-order valence-electron chi connectivity index (χ4n) is 2.86. The van der Waals surface area contributed by atoms with Crippen LogP contribution < -0.4 is 10.0 Å². The first-order chi connectivity index (χ1) is 11.5. The van der Waals surface area contributed by atoms with E-state index in [0.717, 1.165) is 38.9 Å². The largest absolute Gasteiger partial charge is 0.343 e. The highest BCUT2D eigenvalue weighted by Crippen LogP contribution is 2.20. The maximum absolute atomic E-state index is 12.2. The van der Waals surface area contributed by atoms with Crippen molar-refractivity contribution in [1.82, 2.24) is 19.9 Å². The number of nitrogens with zero attached hydrogens (tertiary/aromatic N) is 2. The minimum atomic E-state index is -3.60. The number of carbonyl (C=O) groups is 1. The Labute approximate surface area is 168 Å². The topological polar surface area (TPSA) is 91.4 Å². The summed E-state index contributed by atoms with van der Waals surface area (Å²) in [7, 11) is -1.65. The Balaban J connectivity index is 0.00000312. The second kappa shape index (κ2) is 12.5. The monoisotopic (exact) mass is 426 g/mol. The molecule has 0 atom stereocenters. The molecule has 0 bridgehead atoms. The van der Waals surface area contributed by atoms with Crippen LogP contribution in [-0.4, -0.2) is 57.4 Å². The first-order valence-electron chi connectivity index (χ1n) is 8.35. The Morgan fingerprint density at radius 1 is 1.27 bits per heavy atom. The van der Waals surface area contributed by atoms with E-state index in [1.165, 1.54) is 18.5 Å². The summed E-state index contributed by atoms with van der Waals surface area (Å²) in [5, 5.41) is 3.15. The van der Waals surface area contributed by atoms with Crippen molar-refractivity contribution in [2.75, 3.05) is 33.2 Å². The standard InChI is InChI=1S/C16H26N4O3S.2ClH/c1-17-9-4-14-6-11-20(12-7-14)16(21)5-10-19-24(22,23)15-3-2-8-18-13-15;;/h2-3,8,13-14,17,19H,4-7,9-12H2,1H3;2*1H. The number of pyridine rings is 1. The van der Waals surface area contributed by atoms with Gasteiger partial charge in [0, 0.05) is 38.4 Å². The van der Waals surface area contributed by atoms with Gasteiger partial charge in [0.05, 0.1) is 0 Å². The van der Waals surface area contributed by atoms with Gasteiger partial charge in [-0.15, -0.1) is 24.8 Å². The van der Waals surface area contributed by atoms with Gasteiger partial charge >= 0.3 is 0 Å². The van der Waals surface area contributed by atoms with Gasteiger partial charge < -0.3 is 10.2 Å². The third-order valence-corrected chi connectivity index (χ3v) is 5.79. The van der Waals surface area contributed by atoms with Crippen molar-refractivity contribution in [2.24, 2.45) is 5.92 Å². The van der Waals surface area contributed by atoms with Gasteiger partial charge in [0.25, 0.3) is 0 Å². The third kappa shape index (κ3) is 7.75. The molecule has 0 spiro atoms. The summed E-state index contributed by atoms with van der Waals surface area (Å²) in [4.78, 5) is 18.0. The summed E-state index contributed by atoms with van der Waals surface area (Å²) in [5.74, 6) is 0.682. The lowest BCUT2D eigenvalue weighted by Crippen LogP contribution is -2.40. The average Bonchev–Trinajstić information content (AvgIpc) is 2.61. The predicted molar refractivity (Wildman–Crippen MR) is 106 cm³/mol. The zero-order valence-corrected chi connectivity index (χ0v) is 17.3. The van der Waals surface area contributed by atoms with E-state index in [1.807, 2.05) is 11.9 Å². The van der Waals surface area contributed by atoms with E-state index >= 15 is 0 Å². The van der Waals surface area contributed by atoms with Crippen LogP contribution in [0.4, 0.5) is 0 Å². The lowest BCUT2D eigenvalue weighted by atomic mass is 9.93. The Morgan fingerprint density at radius 2 is 1.96 bits per heavy atom. The number of carbonyl (C=O) groups excluding carboxylic acids is 1. The van der Waals surface area contributed by atoms with Crippen LogP contribution in [0.3, 0.4) is 0 Å². The van der Waals surface area contributed by atoms with Gasteiger partial charge in [-0.25, -0.2) is 13.1 Å². The van der Waals surface area contributed by atoms with Crippen molar-refractivity contribution in [2.45, 2.75) is 30.6 Å². The molecule has 1 aromatic rings. The molecule has 1 saturated heterocycles. The highest BCUT2D eigenvalue weighted by atomic mass is 35.5. The number of nitrogens with one attached hydrogen (secondary N) is 2. The van der Waals surface area contributed by atoms with E-state index in [1.54, 1.807) is 6.07 Å². The molecule has 1 aromatic heterocycles. The normalized spacial score (nSPS) is 15.0. The summed E-state index contributed by atoms with van der Waals surface area (Å²) in [6.45, 7) is 2.65. The molecule has 1 amide bonds. The van der Waals surface area contributed by atoms with Crippen molar-refractivity contribution in [3.05, 3.63) is 24.5 Å². The fourth-order valence-corrected chi connectivity index (χ4v) is 3.85. The zero-order chi connectivity index (χ0) is 17.4. The second-order valence-corrected chi connectivity index (χ2v) is 7.82. The summed E-state index contributed by atoms with van der Waals surface area (Å²) in [6.07, 6.45) is 6.18. The van der Waals surface area contributed by atoms with E-state index in [-0.39, 0.29) is 48.6 Å². The minimum absolute atomic E-state index is 0. The fraction of sp³-hybridized carbons (Fsp3) is 0.625. The van der Waals surface area contributed by atoms with Crippen LogP contribution in [0.2, 0.25) is 0 Å². The number of halogens is 2. The molecule has 2 N–H and O–H groups in total. The van der Waals surface area contributed by atoms with Crippen molar-refractivity contribution in [3.8, 4) is 0 Å². The van der Waals surface area contributed by atoms with Gasteiger partial charge in [-0.1, -0.05) is 0 Å². The molecule has 0 aliphatic carbocycles. The Morgan fingerprint density at radius 3 is 2.54 bits per heavy atom. The van der Waals surface area contributed by atoms with Gasteiger partial charge in [-0.05, 0) is 50.9 Å². The first kappa shape index (κ1) is 25.1. The molecule has 150 valence electrons. The molecule has 2 rings (SSSR count). The maximum Gasteiger partial charge on any atom is 0.242 e. The van der Waals surface area contributed by atoms with Gasteiger partial charge in [-0.2, -0.15) is 0 Å². The predicted octanol–water partition coefficient (Wildman–Crippen LogP) is 1.44. The number of hydrogen-bond donors (Lipinski definition) is 2. The van der Waals surface area contributed by atoms with Gasteiger partial charge in [0.1, 0.15) is 4.90 Å². The van der Waals surface area contributed by atoms with Gasteiger partial charge in [0.2, 0.25) is 15.9 Å². The first-order valence-corrected chi connectivity index (χ1v) is 9.83. The van der Waals surface area contributed by atoms with Crippen LogP contribution >= 0.6 is 24.8 Å². The average molecular weight is 427 g/mol. The van der Waals surface area contributed by atoms with E-state index in [0.29, 0.717) is 5.92 Å². The molecule has 0 unspecified atom stereocenters. The SMILES string of the molecule is CNCCC1CCN(C(=O)CCNS(=O)(=O)c2cccnc2)CC1.Cl.Cl. The third-order valence-electron chi connectivity index (χ3n) is 4.35. The molecule has 0 aromatic carbocycles. The van der Waals surface area contributed by atoms with E-state index in [2.05, 4.69) is 15.0 Å². The van der Waals surface area contributed by atoms with Crippen LogP contribution in [0.25, 0.3) is 0 Å². The number of amides is 1. The van der Waals surface area contributed by atoms with Crippen molar-refractivity contribution in [3.63, 3.8) is 0 Å². The smallest absolute Gasteiger partial charge is 0.242 e. The molecule has 7 nitrogen and oxygen atoms in total. The molecule has 0 saturated carbocycles. The van der Waals surface area contributed by atoms with Gasteiger partial charge in [-0.3, -0.25) is 9.78 Å². The summed E-state index contributed by atoms with van der Waals surface area (Å²) < 4.78 is 26.6. The van der Waals surface area contributed by atoms with Crippen molar-refractivity contribution < 1.29 is 13.2 Å². The van der Waals surface area contributed by atoms with Crippen LogP contribution in [0.1, 0.15) is 25.7 Å². The van der Waals surface area contributed by atoms with E-state index in [9.17, 15) is 13.2 Å². The van der Waals surface area contributed by atoms with Crippen molar-refractivity contribution >= 4 is 40.7 Å². The van der Waals surface area contributed by atoms with Crippen LogP contribution in [0, 0.1) is 5.92 Å². The molecule has 10 heteroatoms. The molecule has 2 heterocycles.